The molecule has 18 heavy (non-hydrogen) atoms. The number of nitrogens with one attached hydrogen (secondary N) is 1. The molecular weight excluding hydrogens is 273 g/mol. The van der Waals surface area contributed by atoms with E-state index in [0.29, 0.717) is 0 Å². The molecule has 1 aromatic rings. The van der Waals surface area contributed by atoms with E-state index in [-0.39, 0.29) is 24.8 Å². The minimum Gasteiger partial charge on any atom is -1.00 e. The van der Waals surface area contributed by atoms with Gasteiger partial charge in [-0.15, -0.1) is 0 Å². The number of rotatable bonds is 5. The third-order valence-corrected chi connectivity index (χ3v) is 3.07. The molecule has 0 unspecified atom stereocenters. The maximum Gasteiger partial charge on any atom is 0.0594 e. The third-order valence-electron chi connectivity index (χ3n) is 3.07. The highest BCUT2D eigenvalue weighted by atomic mass is 35.5. The topological polar surface area (TPSA) is 29.4 Å². The second-order valence-electron chi connectivity index (χ2n) is 4.24. The molecule has 4 nitrogen and oxygen atoms in total. The van der Waals surface area contributed by atoms with Gasteiger partial charge in [0.05, 0.1) is 13.2 Å². The molecule has 1 aliphatic heterocycles. The van der Waals surface area contributed by atoms with E-state index in [1.165, 1.54) is 5.69 Å². The highest BCUT2D eigenvalue weighted by Crippen LogP contribution is 1.98. The molecule has 0 atom stereocenters. The highest BCUT2D eigenvalue weighted by Gasteiger charge is 2.08. The number of hydrogen-bond acceptors (Lipinski definition) is 3. The maximum atomic E-state index is 5.32. The van der Waals surface area contributed by atoms with Crippen LogP contribution in [0.2, 0.25) is 0 Å². The van der Waals surface area contributed by atoms with Crippen LogP contribution in [0.25, 0.3) is 0 Å². The first kappa shape index (κ1) is 17.7. The summed E-state index contributed by atoms with van der Waals surface area (Å²) in [6.45, 7) is 7.04. The molecule has 1 aromatic heterocycles. The number of ether oxygens (including phenoxy) is 1. The molecule has 0 amide bonds. The lowest BCUT2D eigenvalue weighted by molar-refractivity contribution is -0.00100. The lowest BCUT2D eigenvalue weighted by Gasteiger charge is -2.26. The molecule has 1 N–H and O–H groups in total. The Morgan fingerprint density at radius 1 is 1.28 bits per heavy atom. The summed E-state index contributed by atoms with van der Waals surface area (Å²) in [4.78, 5) is 2.45. The quantitative estimate of drug-likeness (QED) is 0.549. The van der Waals surface area contributed by atoms with Crippen LogP contribution in [0.5, 0.6) is 0 Å². The highest BCUT2D eigenvalue weighted by molar-refractivity contribution is 5.05. The van der Waals surface area contributed by atoms with Crippen LogP contribution in [-0.4, -0.2) is 48.9 Å². The van der Waals surface area contributed by atoms with E-state index >= 15 is 0 Å². The van der Waals surface area contributed by atoms with Crippen molar-refractivity contribution < 1.29 is 29.6 Å². The predicted molar refractivity (Wildman–Crippen MR) is 64.4 cm³/mol. The average molecular weight is 294 g/mol. The smallest absolute Gasteiger partial charge is 0.0594 e. The third kappa shape index (κ3) is 5.59. The van der Waals surface area contributed by atoms with E-state index < -0.39 is 0 Å². The SMILES string of the molecule is Cn1cccc1CNCCN1CCOCC1.[Cl-].[Cl-]. The van der Waals surface area contributed by atoms with Gasteiger partial charge in [0.15, 0.2) is 0 Å². The van der Waals surface area contributed by atoms with Gasteiger partial charge in [-0.25, -0.2) is 0 Å². The second kappa shape index (κ2) is 9.64. The van der Waals surface area contributed by atoms with Crippen molar-refractivity contribution in [1.29, 1.82) is 0 Å². The average Bonchev–Trinajstić information content (AvgIpc) is 2.72. The predicted octanol–water partition coefficient (Wildman–Crippen LogP) is -5.55. The van der Waals surface area contributed by atoms with Crippen LogP contribution < -0.4 is 30.1 Å². The number of hydrogen-bond donors (Lipinski definition) is 1. The van der Waals surface area contributed by atoms with Crippen molar-refractivity contribution >= 4 is 0 Å². The Balaban J connectivity index is 0.00000144. The minimum atomic E-state index is 0. The van der Waals surface area contributed by atoms with Crippen molar-refractivity contribution in [3.8, 4) is 0 Å². The van der Waals surface area contributed by atoms with Crippen LogP contribution >= 0.6 is 0 Å². The molecule has 0 bridgehead atoms. The van der Waals surface area contributed by atoms with Crippen molar-refractivity contribution in [3.63, 3.8) is 0 Å². The van der Waals surface area contributed by atoms with Gasteiger partial charge < -0.3 is 39.4 Å². The van der Waals surface area contributed by atoms with Crippen LogP contribution in [0.3, 0.4) is 0 Å². The monoisotopic (exact) mass is 293 g/mol. The molecule has 106 valence electrons. The Bertz CT molecular complexity index is 314. The van der Waals surface area contributed by atoms with Crippen LogP contribution in [0.4, 0.5) is 0 Å². The minimum absolute atomic E-state index is 0. The van der Waals surface area contributed by atoms with E-state index in [9.17, 15) is 0 Å². The Morgan fingerprint density at radius 2 is 2.00 bits per heavy atom. The molecule has 0 spiro atoms. The fourth-order valence-electron chi connectivity index (χ4n) is 1.96. The van der Waals surface area contributed by atoms with Crippen molar-refractivity contribution in [2.75, 3.05) is 39.4 Å². The number of halogens is 2. The summed E-state index contributed by atoms with van der Waals surface area (Å²) in [7, 11) is 2.08. The van der Waals surface area contributed by atoms with Gasteiger partial charge >= 0.3 is 0 Å². The van der Waals surface area contributed by atoms with Gasteiger partial charge in [-0.1, -0.05) is 0 Å². The van der Waals surface area contributed by atoms with E-state index in [1.807, 2.05) is 0 Å². The van der Waals surface area contributed by atoms with Crippen molar-refractivity contribution in [3.05, 3.63) is 24.0 Å². The van der Waals surface area contributed by atoms with Gasteiger partial charge in [0.2, 0.25) is 0 Å². The Kier molecular flexibility index (Phi) is 9.50. The molecule has 6 heteroatoms. The summed E-state index contributed by atoms with van der Waals surface area (Å²) < 4.78 is 7.47. The van der Waals surface area contributed by atoms with Crippen LogP contribution in [0.15, 0.2) is 18.3 Å². The summed E-state index contributed by atoms with van der Waals surface area (Å²) >= 11 is 0. The van der Waals surface area contributed by atoms with E-state index in [0.717, 1.165) is 45.9 Å². The summed E-state index contributed by atoms with van der Waals surface area (Å²) in [6, 6.07) is 4.24. The number of nitrogens with zero attached hydrogens (tertiary/aromatic N) is 2. The Morgan fingerprint density at radius 3 is 2.61 bits per heavy atom. The summed E-state index contributed by atoms with van der Waals surface area (Å²) in [6.07, 6.45) is 2.08. The van der Waals surface area contributed by atoms with E-state index in [1.54, 1.807) is 0 Å². The summed E-state index contributed by atoms with van der Waals surface area (Å²) in [5.74, 6) is 0. The molecular formula is C12H21Cl2N3O-2. The molecule has 0 radical (unpaired) electrons. The van der Waals surface area contributed by atoms with Crippen LogP contribution in [0, 0.1) is 0 Å². The van der Waals surface area contributed by atoms with Crippen molar-refractivity contribution in [1.82, 2.24) is 14.8 Å². The first-order valence-electron chi connectivity index (χ1n) is 5.97. The Hall–Kier alpha value is -0.260. The van der Waals surface area contributed by atoms with Crippen LogP contribution in [0.1, 0.15) is 5.69 Å². The summed E-state index contributed by atoms with van der Waals surface area (Å²) in [5, 5.41) is 3.47. The largest absolute Gasteiger partial charge is 1.00 e. The first-order chi connectivity index (χ1) is 7.86. The molecule has 0 aliphatic carbocycles. The number of aromatic nitrogens is 1. The normalized spacial score (nSPS) is 15.8. The summed E-state index contributed by atoms with van der Waals surface area (Å²) in [5.41, 5.74) is 1.34. The lowest BCUT2D eigenvalue weighted by Crippen LogP contribution is -3.00. The fraction of sp³-hybridized carbons (Fsp3) is 0.667. The number of aryl methyl sites for hydroxylation is 1. The first-order valence-corrected chi connectivity index (χ1v) is 5.97. The lowest BCUT2D eigenvalue weighted by atomic mass is 10.4. The molecule has 1 fully saturated rings. The second-order valence-corrected chi connectivity index (χ2v) is 4.24. The van der Waals surface area contributed by atoms with Gasteiger partial charge in [-0.2, -0.15) is 0 Å². The zero-order chi connectivity index (χ0) is 11.2. The Labute approximate surface area is 121 Å². The molecule has 1 aliphatic rings. The maximum absolute atomic E-state index is 5.32. The fourth-order valence-corrected chi connectivity index (χ4v) is 1.96. The van der Waals surface area contributed by atoms with Crippen molar-refractivity contribution in [2.45, 2.75) is 6.54 Å². The van der Waals surface area contributed by atoms with Gasteiger partial charge in [0.25, 0.3) is 0 Å². The molecule has 0 saturated carbocycles. The van der Waals surface area contributed by atoms with E-state index in [4.69, 9.17) is 4.74 Å². The van der Waals surface area contributed by atoms with Crippen molar-refractivity contribution in [2.24, 2.45) is 7.05 Å². The molecule has 2 rings (SSSR count). The zero-order valence-corrected chi connectivity index (χ0v) is 12.3. The van der Waals surface area contributed by atoms with Crippen LogP contribution in [-0.2, 0) is 18.3 Å². The standard InChI is InChI=1S/C12H21N3O.2ClH/c1-14-5-2-3-12(14)11-13-4-6-15-7-9-16-10-8-15;;/h2-3,5,13H,4,6-11H2,1H3;2*1H/p-2. The zero-order valence-electron chi connectivity index (χ0n) is 10.7. The molecule has 2 heterocycles. The van der Waals surface area contributed by atoms with Gasteiger partial charge in [0, 0.05) is 51.7 Å². The van der Waals surface area contributed by atoms with Gasteiger partial charge in [-0.05, 0) is 12.1 Å². The van der Waals surface area contributed by atoms with Gasteiger partial charge in [-0.3, -0.25) is 4.90 Å². The van der Waals surface area contributed by atoms with E-state index in [2.05, 4.69) is 40.2 Å². The number of morpholine rings is 1. The molecule has 1 saturated heterocycles. The molecule has 0 aromatic carbocycles. The van der Waals surface area contributed by atoms with Gasteiger partial charge in [0.1, 0.15) is 0 Å².